The van der Waals surface area contributed by atoms with Crippen molar-refractivity contribution >= 4 is 23.9 Å². The number of aliphatic hydroxyl groups excluding tert-OH is 2. The number of allylic oxidation sites excluding steroid dienone is 10. The molecule has 6 atom stereocenters. The highest BCUT2D eigenvalue weighted by molar-refractivity contribution is 5.74. The lowest BCUT2D eigenvalue weighted by atomic mass is 9.98. The molecular formula is C67H116O12. The predicted molar refractivity (Wildman–Crippen MR) is 322 cm³/mol. The highest BCUT2D eigenvalue weighted by atomic mass is 16.7. The van der Waals surface area contributed by atoms with E-state index in [0.29, 0.717) is 19.3 Å². The number of hydrogen-bond donors (Lipinski definition) is 3. The minimum absolute atomic E-state index is 0.0613. The monoisotopic (exact) mass is 1110 g/mol. The molecule has 1 fully saturated rings. The molecule has 3 N–H and O–H groups in total. The second-order valence-corrected chi connectivity index (χ2v) is 22.0. The first-order valence-corrected chi connectivity index (χ1v) is 32.3. The zero-order valence-corrected chi connectivity index (χ0v) is 50.4. The Labute approximate surface area is 481 Å². The smallest absolute Gasteiger partial charge is 0.335 e. The second kappa shape index (κ2) is 55.0. The molecule has 0 radical (unpaired) electrons. The Morgan fingerprint density at radius 3 is 1.23 bits per heavy atom. The number of carbonyl (C=O) groups excluding carboxylic acids is 3. The molecule has 0 aliphatic carbocycles. The van der Waals surface area contributed by atoms with Crippen LogP contribution in [0.25, 0.3) is 0 Å². The van der Waals surface area contributed by atoms with Crippen molar-refractivity contribution in [2.45, 2.75) is 327 Å². The van der Waals surface area contributed by atoms with Gasteiger partial charge in [0.25, 0.3) is 0 Å². The fourth-order valence-corrected chi connectivity index (χ4v) is 9.65. The molecule has 0 saturated carbocycles. The van der Waals surface area contributed by atoms with Crippen LogP contribution in [0.2, 0.25) is 0 Å². The van der Waals surface area contributed by atoms with Crippen molar-refractivity contribution in [3.63, 3.8) is 0 Å². The molecule has 1 heterocycles. The Bertz CT molecular complexity index is 1600. The van der Waals surface area contributed by atoms with Crippen molar-refractivity contribution in [1.29, 1.82) is 0 Å². The third-order valence-electron chi connectivity index (χ3n) is 14.6. The minimum Gasteiger partial charge on any atom is -0.479 e. The van der Waals surface area contributed by atoms with Crippen LogP contribution in [0.4, 0.5) is 0 Å². The lowest BCUT2D eigenvalue weighted by molar-refractivity contribution is -0.301. The minimum atomic E-state index is -1.90. The van der Waals surface area contributed by atoms with Gasteiger partial charge in [0.15, 0.2) is 24.6 Å². The summed E-state index contributed by atoms with van der Waals surface area (Å²) < 4.78 is 28.5. The number of hydrogen-bond acceptors (Lipinski definition) is 11. The normalized spacial score (nSPS) is 18.2. The van der Waals surface area contributed by atoms with Gasteiger partial charge in [-0.3, -0.25) is 14.4 Å². The van der Waals surface area contributed by atoms with E-state index in [4.69, 9.17) is 23.7 Å². The molecule has 79 heavy (non-hydrogen) atoms. The lowest BCUT2D eigenvalue weighted by Gasteiger charge is -2.40. The van der Waals surface area contributed by atoms with Crippen molar-refractivity contribution < 1.29 is 58.2 Å². The van der Waals surface area contributed by atoms with Crippen molar-refractivity contribution in [3.05, 3.63) is 60.8 Å². The second-order valence-electron chi connectivity index (χ2n) is 22.0. The van der Waals surface area contributed by atoms with E-state index >= 15 is 0 Å². The van der Waals surface area contributed by atoms with Crippen LogP contribution in [0.3, 0.4) is 0 Å². The van der Waals surface area contributed by atoms with Gasteiger partial charge >= 0.3 is 23.9 Å². The molecule has 0 aromatic carbocycles. The van der Waals surface area contributed by atoms with Gasteiger partial charge in [0.1, 0.15) is 18.8 Å². The summed E-state index contributed by atoms with van der Waals surface area (Å²) in [7, 11) is 0. The van der Waals surface area contributed by atoms with Crippen LogP contribution in [0, 0.1) is 0 Å². The SMILES string of the molecule is CC/C=C\C/C=C\C/C=C\C/C=C\CCCCCCCCC(=O)OCC(COC1OC(C(=O)O)C(O)C(O)C1OC(=O)CCCCCCCCCCCCC)OC(=O)CCCCCCCCCCC/C=C\CCCCCCCC. The topological polar surface area (TPSA) is 175 Å². The third kappa shape index (κ3) is 44.7. The number of ether oxygens (including phenoxy) is 5. The maximum atomic E-state index is 13.2. The van der Waals surface area contributed by atoms with Crippen molar-refractivity contribution in [2.24, 2.45) is 0 Å². The summed E-state index contributed by atoms with van der Waals surface area (Å²) in [4.78, 5) is 51.2. The largest absolute Gasteiger partial charge is 0.479 e. The maximum absolute atomic E-state index is 13.2. The quantitative estimate of drug-likeness (QED) is 0.0228. The third-order valence-corrected chi connectivity index (χ3v) is 14.6. The van der Waals surface area contributed by atoms with E-state index in [-0.39, 0.29) is 25.9 Å². The van der Waals surface area contributed by atoms with Gasteiger partial charge in [-0.2, -0.15) is 0 Å². The fourth-order valence-electron chi connectivity index (χ4n) is 9.65. The molecule has 12 heteroatoms. The van der Waals surface area contributed by atoms with Gasteiger partial charge in [0.05, 0.1) is 6.61 Å². The molecule has 12 nitrogen and oxygen atoms in total. The van der Waals surface area contributed by atoms with E-state index in [1.54, 1.807) is 0 Å². The van der Waals surface area contributed by atoms with Gasteiger partial charge in [-0.15, -0.1) is 0 Å². The van der Waals surface area contributed by atoms with E-state index in [0.717, 1.165) is 109 Å². The summed E-state index contributed by atoms with van der Waals surface area (Å²) in [6, 6.07) is 0. The Morgan fingerprint density at radius 1 is 0.430 bits per heavy atom. The number of aliphatic hydroxyl groups is 2. The molecule has 0 aromatic rings. The molecule has 1 aliphatic heterocycles. The first-order valence-electron chi connectivity index (χ1n) is 32.3. The molecule has 1 saturated heterocycles. The average molecular weight is 1110 g/mol. The summed E-state index contributed by atoms with van der Waals surface area (Å²) in [5.74, 6) is -3.12. The van der Waals surface area contributed by atoms with Gasteiger partial charge in [-0.05, 0) is 83.5 Å². The summed E-state index contributed by atoms with van der Waals surface area (Å²) in [6.07, 6.45) is 56.1. The Balaban J connectivity index is 2.65. The molecule has 0 bridgehead atoms. The Kier molecular flexibility index (Phi) is 51.1. The number of carbonyl (C=O) groups is 4. The van der Waals surface area contributed by atoms with Crippen LogP contribution in [0.1, 0.15) is 290 Å². The van der Waals surface area contributed by atoms with Gasteiger partial charge < -0.3 is 39.0 Å². The first-order chi connectivity index (χ1) is 38.6. The zero-order chi connectivity index (χ0) is 57.5. The number of rotatable bonds is 55. The van der Waals surface area contributed by atoms with Crippen molar-refractivity contribution in [3.8, 4) is 0 Å². The summed E-state index contributed by atoms with van der Waals surface area (Å²) >= 11 is 0. The van der Waals surface area contributed by atoms with E-state index in [9.17, 15) is 34.5 Å². The number of esters is 3. The molecule has 0 aromatic heterocycles. The molecule has 0 spiro atoms. The highest BCUT2D eigenvalue weighted by Gasteiger charge is 2.50. The van der Waals surface area contributed by atoms with Crippen LogP contribution >= 0.6 is 0 Å². The molecular weight excluding hydrogens is 997 g/mol. The molecule has 1 aliphatic rings. The van der Waals surface area contributed by atoms with E-state index < -0.39 is 67.3 Å². The van der Waals surface area contributed by atoms with Crippen molar-refractivity contribution in [1.82, 2.24) is 0 Å². The molecule has 0 amide bonds. The number of unbranched alkanes of at least 4 members (excludes halogenated alkanes) is 31. The zero-order valence-electron chi connectivity index (χ0n) is 50.4. The van der Waals surface area contributed by atoms with E-state index in [1.165, 1.54) is 122 Å². The fraction of sp³-hybridized carbons (Fsp3) is 0.791. The maximum Gasteiger partial charge on any atom is 0.335 e. The Morgan fingerprint density at radius 2 is 0.797 bits per heavy atom. The van der Waals surface area contributed by atoms with Gasteiger partial charge in [0, 0.05) is 19.3 Å². The standard InChI is InChI=1S/C67H116O12/c1-4-7-10-13-16-19-22-24-26-28-30-32-34-36-39-41-44-47-50-53-59(68)75-56-58(77-60(69)54-51-48-45-43-40-37-35-33-31-29-27-25-23-20-17-14-11-8-5-2)57-76-67-65(63(72)62(71)64(79-67)66(73)74)78-61(70)55-52-49-46-42-38-21-18-15-12-9-6-3/h7,10,16,19,24-27,30,32,58,62-65,67,71-72H,4-6,8-9,11-15,17-18,20-23,28-29,31,33-57H2,1-3H3,(H,73,74)/b10-7-,19-16-,26-24-,27-25-,32-30-. The molecule has 1 rings (SSSR count). The van der Waals surface area contributed by atoms with E-state index in [2.05, 4.69) is 81.5 Å². The summed E-state index contributed by atoms with van der Waals surface area (Å²) in [5, 5.41) is 31.5. The molecule has 456 valence electrons. The van der Waals surface area contributed by atoms with Crippen LogP contribution in [0.15, 0.2) is 60.8 Å². The van der Waals surface area contributed by atoms with Gasteiger partial charge in [0.2, 0.25) is 0 Å². The van der Waals surface area contributed by atoms with Crippen molar-refractivity contribution in [2.75, 3.05) is 13.2 Å². The van der Waals surface area contributed by atoms with Gasteiger partial charge in [-0.1, -0.05) is 248 Å². The van der Waals surface area contributed by atoms with Crippen LogP contribution < -0.4 is 0 Å². The number of carboxylic acids is 1. The number of aliphatic carboxylic acids is 1. The van der Waals surface area contributed by atoms with Crippen LogP contribution in [-0.4, -0.2) is 89.2 Å². The molecule has 6 unspecified atom stereocenters. The summed E-state index contributed by atoms with van der Waals surface area (Å²) in [6.45, 7) is 5.88. The average Bonchev–Trinajstić information content (AvgIpc) is 3.47. The van der Waals surface area contributed by atoms with Crippen LogP contribution in [-0.2, 0) is 42.9 Å². The predicted octanol–water partition coefficient (Wildman–Crippen LogP) is 17.1. The first kappa shape index (κ1) is 73.4. The van der Waals surface area contributed by atoms with Crippen LogP contribution in [0.5, 0.6) is 0 Å². The highest BCUT2D eigenvalue weighted by Crippen LogP contribution is 2.27. The van der Waals surface area contributed by atoms with E-state index in [1.807, 2.05) is 0 Å². The summed E-state index contributed by atoms with van der Waals surface area (Å²) in [5.41, 5.74) is 0. The number of carboxylic acid groups (broad SMARTS) is 1. The van der Waals surface area contributed by atoms with Gasteiger partial charge in [-0.25, -0.2) is 4.79 Å². The Hall–Kier alpha value is -3.58. The lowest BCUT2D eigenvalue weighted by Crippen LogP contribution is -2.61.